The maximum absolute atomic E-state index is 5.47. The van der Waals surface area contributed by atoms with Gasteiger partial charge in [0, 0.05) is 35.7 Å². The summed E-state index contributed by atoms with van der Waals surface area (Å²) in [7, 11) is 0. The zero-order valence-electron chi connectivity index (χ0n) is 12.8. The Morgan fingerprint density at radius 3 is 2.87 bits per heavy atom. The lowest BCUT2D eigenvalue weighted by Crippen LogP contribution is -2.36. The van der Waals surface area contributed by atoms with Gasteiger partial charge in [-0.2, -0.15) is 0 Å². The van der Waals surface area contributed by atoms with Crippen LogP contribution < -0.4 is 10.2 Å². The number of rotatable bonds is 5. The Kier molecular flexibility index (Phi) is 4.50. The standard InChI is InChI=1S/C16H19BrN4OS/c17-13-4-3-12(14(9-13)21-5-7-22-8-6-21)10-18-16-20-19-15(23-16)11-1-2-11/h3-4,9,11H,1-2,5-8,10H2,(H,18,20). The first-order valence-electron chi connectivity index (χ1n) is 7.98. The van der Waals surface area contributed by atoms with Crippen LogP contribution in [-0.4, -0.2) is 36.5 Å². The molecule has 23 heavy (non-hydrogen) atoms. The summed E-state index contributed by atoms with van der Waals surface area (Å²) in [5, 5.41) is 14.1. The van der Waals surface area contributed by atoms with E-state index < -0.39 is 0 Å². The molecule has 122 valence electrons. The van der Waals surface area contributed by atoms with Gasteiger partial charge in [-0.3, -0.25) is 0 Å². The fraction of sp³-hybridized carbons (Fsp3) is 0.500. The van der Waals surface area contributed by atoms with Crippen LogP contribution >= 0.6 is 27.3 Å². The lowest BCUT2D eigenvalue weighted by Gasteiger charge is -2.30. The van der Waals surface area contributed by atoms with Crippen molar-refractivity contribution >= 4 is 38.1 Å². The summed E-state index contributed by atoms with van der Waals surface area (Å²) in [5.41, 5.74) is 2.54. The van der Waals surface area contributed by atoms with E-state index in [2.05, 4.69) is 54.5 Å². The molecule has 2 aromatic rings. The van der Waals surface area contributed by atoms with E-state index in [9.17, 15) is 0 Å². The first-order valence-corrected chi connectivity index (χ1v) is 9.59. The SMILES string of the molecule is Brc1ccc(CNc2nnc(C3CC3)s2)c(N2CCOCC2)c1. The lowest BCUT2D eigenvalue weighted by atomic mass is 10.1. The Labute approximate surface area is 148 Å². The van der Waals surface area contributed by atoms with Crippen molar-refractivity contribution in [3.8, 4) is 0 Å². The Morgan fingerprint density at radius 1 is 1.26 bits per heavy atom. The molecule has 0 spiro atoms. The molecule has 1 aromatic heterocycles. The second-order valence-corrected chi connectivity index (χ2v) is 7.87. The predicted octanol–water partition coefficient (Wildman–Crippen LogP) is 3.63. The van der Waals surface area contributed by atoms with Crippen LogP contribution in [0.25, 0.3) is 0 Å². The third-order valence-electron chi connectivity index (χ3n) is 4.20. The summed E-state index contributed by atoms with van der Waals surface area (Å²) in [6.07, 6.45) is 2.53. The normalized spacial score (nSPS) is 18.2. The van der Waals surface area contributed by atoms with Crippen LogP contribution in [0.4, 0.5) is 10.8 Å². The van der Waals surface area contributed by atoms with Gasteiger partial charge in [-0.25, -0.2) is 0 Å². The number of halogens is 1. The number of benzene rings is 1. The molecule has 0 amide bonds. The molecule has 2 aliphatic rings. The van der Waals surface area contributed by atoms with Crippen LogP contribution in [-0.2, 0) is 11.3 Å². The summed E-state index contributed by atoms with van der Waals surface area (Å²) >= 11 is 5.28. The van der Waals surface area contributed by atoms with Gasteiger partial charge in [0.15, 0.2) is 0 Å². The van der Waals surface area contributed by atoms with E-state index in [-0.39, 0.29) is 0 Å². The second kappa shape index (κ2) is 6.75. The second-order valence-electron chi connectivity index (χ2n) is 5.95. The molecule has 0 unspecified atom stereocenters. The third kappa shape index (κ3) is 3.67. The Balaban J connectivity index is 1.48. The van der Waals surface area contributed by atoms with Crippen LogP contribution in [0.2, 0.25) is 0 Å². The highest BCUT2D eigenvalue weighted by molar-refractivity contribution is 9.10. The summed E-state index contributed by atoms with van der Waals surface area (Å²) < 4.78 is 6.57. The van der Waals surface area contributed by atoms with Gasteiger partial charge in [0.25, 0.3) is 0 Å². The maximum Gasteiger partial charge on any atom is 0.205 e. The van der Waals surface area contributed by atoms with Crippen molar-refractivity contribution in [2.75, 3.05) is 36.5 Å². The van der Waals surface area contributed by atoms with E-state index in [1.54, 1.807) is 11.3 Å². The minimum atomic E-state index is 0.666. The molecule has 2 heterocycles. The van der Waals surface area contributed by atoms with Gasteiger partial charge in [-0.15, -0.1) is 10.2 Å². The van der Waals surface area contributed by atoms with E-state index in [0.717, 1.165) is 42.5 Å². The van der Waals surface area contributed by atoms with Crippen LogP contribution in [0, 0.1) is 0 Å². The van der Waals surface area contributed by atoms with Gasteiger partial charge in [0.05, 0.1) is 13.2 Å². The number of hydrogen-bond acceptors (Lipinski definition) is 6. The molecule has 1 saturated carbocycles. The van der Waals surface area contributed by atoms with Gasteiger partial charge in [-0.1, -0.05) is 33.3 Å². The van der Waals surface area contributed by atoms with E-state index in [1.807, 2.05) is 0 Å². The molecular weight excluding hydrogens is 376 g/mol. The number of nitrogens with zero attached hydrogens (tertiary/aromatic N) is 3. The minimum Gasteiger partial charge on any atom is -0.378 e. The Hall–Kier alpha value is -1.18. The molecule has 7 heteroatoms. The molecule has 0 atom stereocenters. The monoisotopic (exact) mass is 394 g/mol. The number of nitrogens with one attached hydrogen (secondary N) is 1. The van der Waals surface area contributed by atoms with Crippen LogP contribution in [0.3, 0.4) is 0 Å². The Morgan fingerprint density at radius 2 is 2.09 bits per heavy atom. The maximum atomic E-state index is 5.47. The third-order valence-corrected chi connectivity index (χ3v) is 5.73. The molecule has 1 saturated heterocycles. The number of aromatic nitrogens is 2. The van der Waals surface area contributed by atoms with Crippen LogP contribution in [0.1, 0.15) is 29.3 Å². The average molecular weight is 395 g/mol. The van der Waals surface area contributed by atoms with Crippen molar-refractivity contribution < 1.29 is 4.74 Å². The zero-order chi connectivity index (χ0) is 15.6. The number of anilines is 2. The minimum absolute atomic E-state index is 0.666. The highest BCUT2D eigenvalue weighted by Crippen LogP contribution is 2.42. The molecule has 1 aromatic carbocycles. The summed E-state index contributed by atoms with van der Waals surface area (Å²) in [6, 6.07) is 6.46. The van der Waals surface area contributed by atoms with E-state index in [0.29, 0.717) is 5.92 Å². The Bertz CT molecular complexity index is 682. The lowest BCUT2D eigenvalue weighted by molar-refractivity contribution is 0.122. The fourth-order valence-corrected chi connectivity index (χ4v) is 4.01. The van der Waals surface area contributed by atoms with Crippen molar-refractivity contribution in [2.24, 2.45) is 0 Å². The zero-order valence-corrected chi connectivity index (χ0v) is 15.2. The van der Waals surface area contributed by atoms with Gasteiger partial charge in [-0.05, 0) is 30.5 Å². The quantitative estimate of drug-likeness (QED) is 0.838. The van der Waals surface area contributed by atoms with E-state index in [4.69, 9.17) is 4.74 Å². The molecule has 5 nitrogen and oxygen atoms in total. The molecular formula is C16H19BrN4OS. The van der Waals surface area contributed by atoms with Crippen LogP contribution in [0.5, 0.6) is 0 Å². The van der Waals surface area contributed by atoms with Crippen molar-refractivity contribution in [2.45, 2.75) is 25.3 Å². The first kappa shape index (κ1) is 15.4. The molecule has 0 bridgehead atoms. The molecule has 1 N–H and O–H groups in total. The average Bonchev–Trinajstić information content (AvgIpc) is 3.33. The van der Waals surface area contributed by atoms with Crippen molar-refractivity contribution in [1.29, 1.82) is 0 Å². The van der Waals surface area contributed by atoms with Gasteiger partial charge < -0.3 is 15.0 Å². The highest BCUT2D eigenvalue weighted by atomic mass is 79.9. The van der Waals surface area contributed by atoms with E-state index >= 15 is 0 Å². The van der Waals surface area contributed by atoms with Crippen LogP contribution in [0.15, 0.2) is 22.7 Å². The number of ether oxygens (including phenoxy) is 1. The first-order chi connectivity index (χ1) is 11.3. The topological polar surface area (TPSA) is 50.3 Å². The van der Waals surface area contributed by atoms with Crippen molar-refractivity contribution in [1.82, 2.24) is 10.2 Å². The summed E-state index contributed by atoms with van der Waals surface area (Å²) in [5.74, 6) is 0.666. The molecule has 2 fully saturated rings. The molecule has 1 aliphatic heterocycles. The van der Waals surface area contributed by atoms with Gasteiger partial charge in [0.2, 0.25) is 5.13 Å². The smallest absolute Gasteiger partial charge is 0.205 e. The highest BCUT2D eigenvalue weighted by Gasteiger charge is 2.27. The summed E-state index contributed by atoms with van der Waals surface area (Å²) in [4.78, 5) is 2.39. The number of morpholine rings is 1. The summed E-state index contributed by atoms with van der Waals surface area (Å²) in [6.45, 7) is 4.22. The van der Waals surface area contributed by atoms with Crippen molar-refractivity contribution in [3.63, 3.8) is 0 Å². The van der Waals surface area contributed by atoms with E-state index in [1.165, 1.54) is 29.1 Å². The van der Waals surface area contributed by atoms with Gasteiger partial charge >= 0.3 is 0 Å². The molecule has 4 rings (SSSR count). The molecule has 1 aliphatic carbocycles. The van der Waals surface area contributed by atoms with Gasteiger partial charge in [0.1, 0.15) is 5.01 Å². The molecule has 0 radical (unpaired) electrons. The number of hydrogen-bond donors (Lipinski definition) is 1. The fourth-order valence-electron chi connectivity index (χ4n) is 2.76. The van der Waals surface area contributed by atoms with Crippen molar-refractivity contribution in [3.05, 3.63) is 33.2 Å². The predicted molar refractivity (Wildman–Crippen MR) is 96.4 cm³/mol. The largest absolute Gasteiger partial charge is 0.378 e.